The van der Waals surface area contributed by atoms with Crippen LogP contribution in [-0.4, -0.2) is 15.1 Å². The van der Waals surface area contributed by atoms with Gasteiger partial charge in [-0.25, -0.2) is 4.98 Å². The highest BCUT2D eigenvalue weighted by Gasteiger charge is 2.30. The lowest BCUT2D eigenvalue weighted by Crippen LogP contribution is -2.05. The highest BCUT2D eigenvalue weighted by Crippen LogP contribution is 2.30. The molecule has 3 aromatic rings. The summed E-state index contributed by atoms with van der Waals surface area (Å²) in [5.74, 6) is 1.22. The van der Waals surface area contributed by atoms with E-state index in [0.717, 1.165) is 23.4 Å². The van der Waals surface area contributed by atoms with Gasteiger partial charge in [0, 0.05) is 11.8 Å². The number of aromatic nitrogens is 3. The van der Waals surface area contributed by atoms with Crippen molar-refractivity contribution in [3.8, 4) is 11.5 Å². The second-order valence-electron chi connectivity index (χ2n) is 5.05. The fourth-order valence-electron chi connectivity index (χ4n) is 1.90. The summed E-state index contributed by atoms with van der Waals surface area (Å²) < 4.78 is 42.6. The van der Waals surface area contributed by atoms with E-state index in [4.69, 9.17) is 4.52 Å². The van der Waals surface area contributed by atoms with E-state index in [1.165, 1.54) is 17.8 Å². The summed E-state index contributed by atoms with van der Waals surface area (Å²) in [5.41, 5.74) is 1.17. The minimum Gasteiger partial charge on any atom is -0.334 e. The summed E-state index contributed by atoms with van der Waals surface area (Å²) in [6.45, 7) is 1.98. The predicted molar refractivity (Wildman–Crippen MR) is 83.3 cm³/mol. The number of benzene rings is 1. The third kappa shape index (κ3) is 3.94. The van der Waals surface area contributed by atoms with Gasteiger partial charge in [0.1, 0.15) is 0 Å². The third-order valence-electron chi connectivity index (χ3n) is 3.18. The van der Waals surface area contributed by atoms with Crippen molar-refractivity contribution in [3.05, 3.63) is 59.5 Å². The van der Waals surface area contributed by atoms with Crippen LogP contribution in [0.25, 0.3) is 11.5 Å². The van der Waals surface area contributed by atoms with Gasteiger partial charge in [0.15, 0.2) is 5.82 Å². The second kappa shape index (κ2) is 6.64. The minimum absolute atomic E-state index is 0.355. The van der Waals surface area contributed by atoms with Crippen molar-refractivity contribution in [2.45, 2.75) is 23.9 Å². The van der Waals surface area contributed by atoms with Crippen molar-refractivity contribution in [1.82, 2.24) is 15.1 Å². The fraction of sp³-hybridized carbons (Fsp3) is 0.188. The Morgan fingerprint density at radius 1 is 1.08 bits per heavy atom. The Hall–Kier alpha value is -2.35. The zero-order chi connectivity index (χ0) is 17.2. The van der Waals surface area contributed by atoms with Gasteiger partial charge >= 0.3 is 6.18 Å². The van der Waals surface area contributed by atoms with Crippen LogP contribution in [0.4, 0.5) is 13.2 Å². The van der Waals surface area contributed by atoms with Gasteiger partial charge in [-0.15, -0.1) is 0 Å². The molecule has 0 amide bonds. The lowest BCUT2D eigenvalue weighted by Gasteiger charge is -2.05. The number of hydrogen-bond acceptors (Lipinski definition) is 5. The number of pyridine rings is 1. The van der Waals surface area contributed by atoms with Crippen LogP contribution < -0.4 is 0 Å². The molecule has 0 fully saturated rings. The number of rotatable bonds is 4. The number of thioether (sulfide) groups is 1. The van der Waals surface area contributed by atoms with Gasteiger partial charge in [0.2, 0.25) is 0 Å². The molecule has 0 atom stereocenters. The molecule has 1 aromatic carbocycles. The summed E-state index contributed by atoms with van der Waals surface area (Å²) >= 11 is 1.24. The minimum atomic E-state index is -4.38. The lowest BCUT2D eigenvalue weighted by atomic mass is 10.1. The molecular formula is C16H12F3N3OS. The molecule has 124 valence electrons. The highest BCUT2D eigenvalue weighted by molar-refractivity contribution is 7.98. The van der Waals surface area contributed by atoms with Gasteiger partial charge in [0.05, 0.1) is 16.3 Å². The zero-order valence-corrected chi connectivity index (χ0v) is 13.4. The van der Waals surface area contributed by atoms with Gasteiger partial charge in [-0.3, -0.25) is 0 Å². The molecule has 0 saturated heterocycles. The SMILES string of the molecule is Cc1ccc(-c2nc(CSc3ccc(C(F)(F)F)cn3)no2)cc1. The quantitative estimate of drug-likeness (QED) is 0.635. The third-order valence-corrected chi connectivity index (χ3v) is 4.12. The highest BCUT2D eigenvalue weighted by atomic mass is 32.2. The number of alkyl halides is 3. The average Bonchev–Trinajstić information content (AvgIpc) is 3.02. The van der Waals surface area contributed by atoms with Crippen molar-refractivity contribution < 1.29 is 17.7 Å². The van der Waals surface area contributed by atoms with Gasteiger partial charge in [-0.1, -0.05) is 34.6 Å². The molecule has 2 aromatic heterocycles. The van der Waals surface area contributed by atoms with Crippen molar-refractivity contribution in [2.75, 3.05) is 0 Å². The van der Waals surface area contributed by atoms with Crippen LogP contribution in [0.3, 0.4) is 0 Å². The lowest BCUT2D eigenvalue weighted by molar-refractivity contribution is -0.137. The van der Waals surface area contributed by atoms with Crippen molar-refractivity contribution in [3.63, 3.8) is 0 Å². The second-order valence-corrected chi connectivity index (χ2v) is 6.05. The average molecular weight is 351 g/mol. The molecule has 0 aliphatic heterocycles. The van der Waals surface area contributed by atoms with E-state index in [2.05, 4.69) is 15.1 Å². The van der Waals surface area contributed by atoms with Crippen molar-refractivity contribution in [1.29, 1.82) is 0 Å². The number of aryl methyl sites for hydroxylation is 1. The smallest absolute Gasteiger partial charge is 0.334 e. The van der Waals surface area contributed by atoms with Crippen molar-refractivity contribution in [2.24, 2.45) is 0 Å². The molecule has 4 nitrogen and oxygen atoms in total. The summed E-state index contributed by atoms with van der Waals surface area (Å²) in [6.07, 6.45) is -3.57. The summed E-state index contributed by atoms with van der Waals surface area (Å²) in [6, 6.07) is 9.99. The Bertz CT molecular complexity index is 814. The van der Waals surface area contributed by atoms with E-state index in [9.17, 15) is 13.2 Å². The first-order chi connectivity index (χ1) is 11.4. The molecule has 24 heavy (non-hydrogen) atoms. The van der Waals surface area contributed by atoms with Crippen LogP contribution in [0.1, 0.15) is 17.0 Å². The van der Waals surface area contributed by atoms with E-state index < -0.39 is 11.7 Å². The maximum absolute atomic E-state index is 12.5. The largest absolute Gasteiger partial charge is 0.417 e. The maximum Gasteiger partial charge on any atom is 0.417 e. The maximum atomic E-state index is 12.5. The molecular weight excluding hydrogens is 339 g/mol. The normalized spacial score (nSPS) is 11.7. The summed E-state index contributed by atoms with van der Waals surface area (Å²) in [4.78, 5) is 8.07. The van der Waals surface area contributed by atoms with Gasteiger partial charge in [0.25, 0.3) is 5.89 Å². The predicted octanol–water partition coefficient (Wildman–Crippen LogP) is 4.75. The Labute approximate surface area is 140 Å². The molecule has 0 N–H and O–H groups in total. The Morgan fingerprint density at radius 3 is 2.46 bits per heavy atom. The first-order valence-corrected chi connectivity index (χ1v) is 7.96. The number of nitrogens with zero attached hydrogens (tertiary/aromatic N) is 3. The molecule has 0 bridgehead atoms. The fourth-order valence-corrected chi connectivity index (χ4v) is 2.58. The first kappa shape index (κ1) is 16.5. The Morgan fingerprint density at radius 2 is 1.83 bits per heavy atom. The first-order valence-electron chi connectivity index (χ1n) is 6.97. The number of hydrogen-bond donors (Lipinski definition) is 0. The molecule has 0 saturated carbocycles. The van der Waals surface area contributed by atoms with Gasteiger partial charge in [-0.2, -0.15) is 18.2 Å². The Kier molecular flexibility index (Phi) is 4.57. The van der Waals surface area contributed by atoms with E-state index in [1.807, 2.05) is 31.2 Å². The molecule has 0 radical (unpaired) electrons. The molecule has 8 heteroatoms. The van der Waals surface area contributed by atoms with Crippen LogP contribution in [0.15, 0.2) is 52.1 Å². The topological polar surface area (TPSA) is 51.8 Å². The summed E-state index contributed by atoms with van der Waals surface area (Å²) in [5, 5.41) is 4.33. The van der Waals surface area contributed by atoms with E-state index in [1.54, 1.807) is 0 Å². The number of halogens is 3. The van der Waals surface area contributed by atoms with Gasteiger partial charge in [-0.05, 0) is 31.2 Å². The summed E-state index contributed by atoms with van der Waals surface area (Å²) in [7, 11) is 0. The molecule has 0 unspecified atom stereocenters. The van der Waals surface area contributed by atoms with E-state index >= 15 is 0 Å². The monoisotopic (exact) mass is 351 g/mol. The molecule has 0 spiro atoms. The van der Waals surface area contributed by atoms with E-state index in [-0.39, 0.29) is 0 Å². The van der Waals surface area contributed by atoms with Crippen LogP contribution >= 0.6 is 11.8 Å². The zero-order valence-electron chi connectivity index (χ0n) is 12.5. The van der Waals surface area contributed by atoms with Crippen LogP contribution in [-0.2, 0) is 11.9 Å². The van der Waals surface area contributed by atoms with Crippen LogP contribution in [0.2, 0.25) is 0 Å². The molecule has 0 aliphatic rings. The Balaban J connectivity index is 1.64. The van der Waals surface area contributed by atoms with Crippen molar-refractivity contribution >= 4 is 11.8 Å². The molecule has 2 heterocycles. The van der Waals surface area contributed by atoms with E-state index in [0.29, 0.717) is 22.5 Å². The molecule has 0 aliphatic carbocycles. The van der Waals surface area contributed by atoms with Crippen LogP contribution in [0.5, 0.6) is 0 Å². The molecule has 3 rings (SSSR count). The van der Waals surface area contributed by atoms with Crippen LogP contribution in [0, 0.1) is 6.92 Å². The standard InChI is InChI=1S/C16H12F3N3OS/c1-10-2-4-11(5-3-10)15-21-13(22-23-15)9-24-14-7-6-12(8-20-14)16(17,18)19/h2-8H,9H2,1H3. The van der Waals surface area contributed by atoms with Gasteiger partial charge < -0.3 is 4.52 Å².